The molecule has 0 aromatic heterocycles. The van der Waals surface area contributed by atoms with Gasteiger partial charge in [-0.15, -0.1) is 0 Å². The SMILES string of the molecule is COC(/C=C/[C@@H]1CC(C)=CCO1)C(C)(C)C. The highest BCUT2D eigenvalue weighted by atomic mass is 16.5. The third-order valence-corrected chi connectivity index (χ3v) is 2.87. The molecule has 2 atom stereocenters. The molecule has 0 bridgehead atoms. The first kappa shape index (κ1) is 13.5. The minimum Gasteiger partial charge on any atom is -0.377 e. The molecule has 0 fully saturated rings. The Bertz CT molecular complexity index is 271. The van der Waals surface area contributed by atoms with Gasteiger partial charge in [-0.3, -0.25) is 0 Å². The summed E-state index contributed by atoms with van der Waals surface area (Å²) in [5, 5.41) is 0. The van der Waals surface area contributed by atoms with Crippen molar-refractivity contribution >= 4 is 0 Å². The first-order valence-corrected chi connectivity index (χ1v) is 5.92. The van der Waals surface area contributed by atoms with Gasteiger partial charge in [0.25, 0.3) is 0 Å². The lowest BCUT2D eigenvalue weighted by atomic mass is 9.88. The van der Waals surface area contributed by atoms with Crippen molar-refractivity contribution in [3.8, 4) is 0 Å². The molecule has 0 spiro atoms. The average molecular weight is 224 g/mol. The third kappa shape index (κ3) is 4.11. The fourth-order valence-electron chi connectivity index (χ4n) is 1.84. The Kier molecular flexibility index (Phi) is 4.75. The Balaban J connectivity index is 2.55. The lowest BCUT2D eigenvalue weighted by molar-refractivity contribution is 0.0505. The molecule has 0 radical (unpaired) electrons. The van der Waals surface area contributed by atoms with E-state index in [9.17, 15) is 0 Å². The van der Waals surface area contributed by atoms with Crippen LogP contribution < -0.4 is 0 Å². The van der Waals surface area contributed by atoms with Crippen molar-refractivity contribution in [2.75, 3.05) is 13.7 Å². The van der Waals surface area contributed by atoms with Crippen LogP contribution in [0.2, 0.25) is 0 Å². The van der Waals surface area contributed by atoms with Crippen LogP contribution in [0.4, 0.5) is 0 Å². The molecule has 0 aromatic carbocycles. The lowest BCUT2D eigenvalue weighted by Crippen LogP contribution is -2.27. The van der Waals surface area contributed by atoms with E-state index < -0.39 is 0 Å². The molecule has 1 heterocycles. The van der Waals surface area contributed by atoms with Crippen LogP contribution in [0.5, 0.6) is 0 Å². The molecule has 92 valence electrons. The molecule has 0 aromatic rings. The van der Waals surface area contributed by atoms with Gasteiger partial charge in [0.15, 0.2) is 0 Å². The van der Waals surface area contributed by atoms with Crippen LogP contribution in [-0.2, 0) is 9.47 Å². The fraction of sp³-hybridized carbons (Fsp3) is 0.714. The minimum atomic E-state index is 0.130. The van der Waals surface area contributed by atoms with Crippen molar-refractivity contribution in [1.29, 1.82) is 0 Å². The highest BCUT2D eigenvalue weighted by molar-refractivity contribution is 5.09. The smallest absolute Gasteiger partial charge is 0.0801 e. The molecule has 1 aliphatic heterocycles. The summed E-state index contributed by atoms with van der Waals surface area (Å²) in [6.07, 6.45) is 7.75. The fourth-order valence-corrected chi connectivity index (χ4v) is 1.84. The number of hydrogen-bond donors (Lipinski definition) is 0. The van der Waals surface area contributed by atoms with Crippen molar-refractivity contribution in [2.45, 2.75) is 46.3 Å². The summed E-state index contributed by atoms with van der Waals surface area (Å²) in [5.41, 5.74) is 1.54. The zero-order valence-electron chi connectivity index (χ0n) is 11.1. The van der Waals surface area contributed by atoms with E-state index >= 15 is 0 Å². The summed E-state index contributed by atoms with van der Waals surface area (Å²) >= 11 is 0. The molecule has 0 N–H and O–H groups in total. The van der Waals surface area contributed by atoms with Crippen LogP contribution in [0.25, 0.3) is 0 Å². The lowest BCUT2D eigenvalue weighted by Gasteiger charge is -2.27. The topological polar surface area (TPSA) is 18.5 Å². The van der Waals surface area contributed by atoms with Crippen LogP contribution in [0, 0.1) is 5.41 Å². The Morgan fingerprint density at radius 2 is 2.19 bits per heavy atom. The predicted molar refractivity (Wildman–Crippen MR) is 67.5 cm³/mol. The van der Waals surface area contributed by atoms with Crippen LogP contribution >= 0.6 is 0 Å². The van der Waals surface area contributed by atoms with E-state index in [0.29, 0.717) is 0 Å². The molecule has 1 rings (SSSR count). The monoisotopic (exact) mass is 224 g/mol. The van der Waals surface area contributed by atoms with Gasteiger partial charge in [0.1, 0.15) is 0 Å². The van der Waals surface area contributed by atoms with E-state index in [4.69, 9.17) is 9.47 Å². The normalized spacial score (nSPS) is 24.6. The molecule has 0 saturated carbocycles. The molecule has 1 unspecified atom stereocenters. The van der Waals surface area contributed by atoms with Gasteiger partial charge >= 0.3 is 0 Å². The van der Waals surface area contributed by atoms with Crippen molar-refractivity contribution in [2.24, 2.45) is 5.41 Å². The maximum atomic E-state index is 5.64. The summed E-state index contributed by atoms with van der Waals surface area (Å²) in [6.45, 7) is 9.42. The van der Waals surface area contributed by atoms with Crippen molar-refractivity contribution in [3.63, 3.8) is 0 Å². The number of rotatable bonds is 3. The first-order valence-electron chi connectivity index (χ1n) is 5.92. The van der Waals surface area contributed by atoms with Gasteiger partial charge in [-0.2, -0.15) is 0 Å². The van der Waals surface area contributed by atoms with Crippen LogP contribution in [0.15, 0.2) is 23.8 Å². The predicted octanol–water partition coefficient (Wildman–Crippen LogP) is 3.34. The average Bonchev–Trinajstić information content (AvgIpc) is 2.16. The van der Waals surface area contributed by atoms with Crippen molar-refractivity contribution in [3.05, 3.63) is 23.8 Å². The molecule has 16 heavy (non-hydrogen) atoms. The quantitative estimate of drug-likeness (QED) is 0.684. The van der Waals surface area contributed by atoms with Gasteiger partial charge in [-0.05, 0) is 18.8 Å². The van der Waals surface area contributed by atoms with Crippen LogP contribution in [0.3, 0.4) is 0 Å². The van der Waals surface area contributed by atoms with Gasteiger partial charge in [-0.25, -0.2) is 0 Å². The van der Waals surface area contributed by atoms with Gasteiger partial charge < -0.3 is 9.47 Å². The van der Waals surface area contributed by atoms with E-state index in [0.717, 1.165) is 13.0 Å². The van der Waals surface area contributed by atoms with E-state index in [1.54, 1.807) is 7.11 Å². The Morgan fingerprint density at radius 3 is 2.69 bits per heavy atom. The summed E-state index contributed by atoms with van der Waals surface area (Å²) in [6, 6.07) is 0. The van der Waals surface area contributed by atoms with Gasteiger partial charge in [0.05, 0.1) is 18.8 Å². The number of methoxy groups -OCH3 is 1. The number of hydrogen-bond acceptors (Lipinski definition) is 2. The molecule has 1 aliphatic rings. The Labute approximate surface area is 99.3 Å². The summed E-state index contributed by atoms with van der Waals surface area (Å²) in [5.74, 6) is 0. The van der Waals surface area contributed by atoms with Gasteiger partial charge in [0.2, 0.25) is 0 Å². The van der Waals surface area contributed by atoms with E-state index in [1.807, 2.05) is 0 Å². The first-order chi connectivity index (χ1) is 7.43. The maximum Gasteiger partial charge on any atom is 0.0801 e. The summed E-state index contributed by atoms with van der Waals surface area (Å²) in [4.78, 5) is 0. The Hall–Kier alpha value is -0.600. The van der Waals surface area contributed by atoms with Gasteiger partial charge in [-0.1, -0.05) is 44.6 Å². The summed E-state index contributed by atoms with van der Waals surface area (Å²) < 4.78 is 11.1. The molecule has 0 saturated heterocycles. The van der Waals surface area contributed by atoms with E-state index in [-0.39, 0.29) is 17.6 Å². The largest absolute Gasteiger partial charge is 0.377 e. The molecule has 0 aliphatic carbocycles. The van der Waals surface area contributed by atoms with E-state index in [2.05, 4.69) is 45.9 Å². The van der Waals surface area contributed by atoms with Crippen LogP contribution in [-0.4, -0.2) is 25.9 Å². The zero-order valence-corrected chi connectivity index (χ0v) is 11.1. The molecular formula is C14H24O2. The summed E-state index contributed by atoms with van der Waals surface area (Å²) in [7, 11) is 1.76. The second kappa shape index (κ2) is 5.65. The Morgan fingerprint density at radius 1 is 1.50 bits per heavy atom. The number of ether oxygens (including phenoxy) is 2. The van der Waals surface area contributed by atoms with Gasteiger partial charge in [0, 0.05) is 7.11 Å². The van der Waals surface area contributed by atoms with Crippen LogP contribution in [0.1, 0.15) is 34.1 Å². The highest BCUT2D eigenvalue weighted by Crippen LogP contribution is 2.24. The van der Waals surface area contributed by atoms with E-state index in [1.165, 1.54) is 5.57 Å². The molecule has 2 heteroatoms. The van der Waals surface area contributed by atoms with Crippen molar-refractivity contribution in [1.82, 2.24) is 0 Å². The molecule has 2 nitrogen and oxygen atoms in total. The second-order valence-electron chi connectivity index (χ2n) is 5.53. The second-order valence-corrected chi connectivity index (χ2v) is 5.53. The van der Waals surface area contributed by atoms with Crippen molar-refractivity contribution < 1.29 is 9.47 Å². The molecule has 0 amide bonds. The highest BCUT2D eigenvalue weighted by Gasteiger charge is 2.22. The minimum absolute atomic E-state index is 0.130. The third-order valence-electron chi connectivity index (χ3n) is 2.87. The zero-order chi connectivity index (χ0) is 12.2. The molecular weight excluding hydrogens is 200 g/mol. The maximum absolute atomic E-state index is 5.64. The standard InChI is InChI=1S/C14H24O2/c1-11-8-9-16-12(10-11)6-7-13(15-5)14(2,3)4/h6-8,12-13H,9-10H2,1-5H3/b7-6+/t12-,13?/m1/s1.